The van der Waals surface area contributed by atoms with Crippen molar-refractivity contribution < 1.29 is 23.8 Å². The Balaban J connectivity index is 1.45. The molecule has 2 saturated carbocycles. The van der Waals surface area contributed by atoms with Gasteiger partial charge in [0.1, 0.15) is 11.9 Å². The topological polar surface area (TPSA) is 76.7 Å². The average molecular weight is 483 g/mol. The summed E-state index contributed by atoms with van der Waals surface area (Å²) in [5.41, 5.74) is 3.65. The Morgan fingerprint density at radius 1 is 1.17 bits per heavy atom. The first-order valence-corrected chi connectivity index (χ1v) is 13.6. The van der Waals surface area contributed by atoms with Crippen molar-refractivity contribution in [1.29, 1.82) is 0 Å². The fourth-order valence-electron chi connectivity index (χ4n) is 9.39. The Morgan fingerprint density at radius 2 is 1.91 bits per heavy atom. The number of cyclic esters (lactones) is 1. The molecule has 0 radical (unpaired) electrons. The average Bonchev–Trinajstić information content (AvgIpc) is 3.39. The number of carboxylic acid groups (broad SMARTS) is 1. The van der Waals surface area contributed by atoms with Gasteiger partial charge in [0.05, 0.1) is 6.26 Å². The molecule has 1 N–H and O–H groups in total. The lowest BCUT2D eigenvalue weighted by Crippen LogP contribution is -2.57. The van der Waals surface area contributed by atoms with Crippen LogP contribution in [0.3, 0.4) is 0 Å². The summed E-state index contributed by atoms with van der Waals surface area (Å²) in [5.74, 6) is 1.97. The van der Waals surface area contributed by atoms with Gasteiger partial charge in [-0.15, -0.1) is 0 Å². The molecule has 1 aromatic heterocycles. The van der Waals surface area contributed by atoms with E-state index in [1.807, 2.05) is 19.3 Å². The van der Waals surface area contributed by atoms with Gasteiger partial charge in [-0.3, -0.25) is 4.79 Å². The Morgan fingerprint density at radius 3 is 2.57 bits per heavy atom. The minimum atomic E-state index is -0.711. The molecule has 5 rings (SSSR count). The summed E-state index contributed by atoms with van der Waals surface area (Å²) in [6.07, 6.45) is 11.2. The van der Waals surface area contributed by atoms with Gasteiger partial charge in [-0.2, -0.15) is 0 Å². The van der Waals surface area contributed by atoms with Crippen molar-refractivity contribution in [2.45, 2.75) is 105 Å². The van der Waals surface area contributed by atoms with Gasteiger partial charge in [-0.05, 0) is 104 Å². The molecule has 4 aliphatic rings. The van der Waals surface area contributed by atoms with E-state index in [0.29, 0.717) is 24.2 Å². The predicted octanol–water partition coefficient (Wildman–Crippen LogP) is 6.83. The van der Waals surface area contributed by atoms with Crippen LogP contribution in [0, 0.1) is 40.9 Å². The number of esters is 1. The highest BCUT2D eigenvalue weighted by molar-refractivity contribution is 5.90. The summed E-state index contributed by atoms with van der Waals surface area (Å²) in [6.45, 7) is 13.8. The molecule has 192 valence electrons. The van der Waals surface area contributed by atoms with E-state index in [9.17, 15) is 14.7 Å². The molecule has 2 fully saturated rings. The first-order valence-electron chi connectivity index (χ1n) is 13.6. The molecule has 5 heteroatoms. The lowest BCUT2D eigenvalue weighted by Gasteiger charge is -2.64. The second-order valence-corrected chi connectivity index (χ2v) is 13.0. The van der Waals surface area contributed by atoms with Crippen molar-refractivity contribution in [3.05, 3.63) is 34.8 Å². The third-order valence-electron chi connectivity index (χ3n) is 11.4. The highest BCUT2D eigenvalue weighted by Crippen LogP contribution is 2.74. The standard InChI is InChI=1S/C30H42O5/c1-17(13-20-14-18(2)27(33)35-20)21-9-10-30(6)24-15-23-26(19(3)16-34-23)22(7-8-25(31)32)28(24,4)11-12-29(21,30)5/h14,16-17,20-22,24H,7-13,15H2,1-6H3,(H,31,32)/t17-,20+,21-,22-,24-,28+,29-,30+/m1/s1. The summed E-state index contributed by atoms with van der Waals surface area (Å²) in [6, 6.07) is 0. The molecule has 0 amide bonds. The third-order valence-corrected chi connectivity index (χ3v) is 11.4. The first kappa shape index (κ1) is 24.6. The maximum atomic E-state index is 11.9. The Hall–Kier alpha value is -2.04. The van der Waals surface area contributed by atoms with Crippen LogP contribution in [0.15, 0.2) is 22.3 Å². The molecule has 0 saturated heterocycles. The van der Waals surface area contributed by atoms with E-state index < -0.39 is 5.97 Å². The van der Waals surface area contributed by atoms with Crippen LogP contribution in [0.2, 0.25) is 0 Å². The SMILES string of the molecule is CC1=C[C@H](C[C@@H](C)[C@H]2CC[C@@]3(C)[C@@H]4Cc5occ(C)c5[C@@H](CCC(=O)O)[C@]4(C)CC[C@]23C)OC1=O. The molecular weight excluding hydrogens is 440 g/mol. The van der Waals surface area contributed by atoms with Crippen molar-refractivity contribution >= 4 is 11.9 Å². The number of ether oxygens (including phenoxy) is 1. The van der Waals surface area contributed by atoms with Gasteiger partial charge < -0.3 is 14.3 Å². The molecule has 35 heavy (non-hydrogen) atoms. The van der Waals surface area contributed by atoms with Crippen LogP contribution in [0.1, 0.15) is 102 Å². The van der Waals surface area contributed by atoms with Crippen LogP contribution in [-0.2, 0) is 20.7 Å². The molecule has 2 heterocycles. The van der Waals surface area contributed by atoms with Crippen LogP contribution < -0.4 is 0 Å². The Bertz CT molecular complexity index is 1070. The van der Waals surface area contributed by atoms with Crippen molar-refractivity contribution in [3.63, 3.8) is 0 Å². The van der Waals surface area contributed by atoms with Crippen LogP contribution in [0.4, 0.5) is 0 Å². The van der Waals surface area contributed by atoms with Crippen molar-refractivity contribution in [1.82, 2.24) is 0 Å². The van der Waals surface area contributed by atoms with E-state index in [-0.39, 0.29) is 40.7 Å². The lowest BCUT2D eigenvalue weighted by atomic mass is 9.40. The molecule has 0 bridgehead atoms. The molecule has 0 unspecified atom stereocenters. The number of carbonyl (C=O) groups is 2. The number of aliphatic carboxylic acids is 1. The summed E-state index contributed by atoms with van der Waals surface area (Å²) >= 11 is 0. The number of aryl methyl sites for hydroxylation is 1. The highest BCUT2D eigenvalue weighted by Gasteiger charge is 2.67. The molecule has 1 aliphatic heterocycles. The van der Waals surface area contributed by atoms with E-state index in [0.717, 1.165) is 30.6 Å². The van der Waals surface area contributed by atoms with Gasteiger partial charge in [-0.1, -0.05) is 27.7 Å². The third kappa shape index (κ3) is 3.54. The molecule has 3 aliphatic carbocycles. The Labute approximate surface area is 209 Å². The van der Waals surface area contributed by atoms with Gasteiger partial charge in [0.25, 0.3) is 0 Å². The summed E-state index contributed by atoms with van der Waals surface area (Å²) in [4.78, 5) is 23.5. The minimum Gasteiger partial charge on any atom is -0.481 e. The van der Waals surface area contributed by atoms with Crippen molar-refractivity contribution in [3.8, 4) is 0 Å². The number of rotatable bonds is 6. The molecular formula is C30H42O5. The maximum absolute atomic E-state index is 11.9. The molecule has 0 spiro atoms. The molecule has 0 aromatic carbocycles. The second kappa shape index (κ2) is 8.24. The van der Waals surface area contributed by atoms with Gasteiger partial charge in [0.15, 0.2) is 0 Å². The number of carbonyl (C=O) groups excluding carboxylic acids is 1. The zero-order valence-electron chi connectivity index (χ0n) is 22.3. The fourth-order valence-corrected chi connectivity index (χ4v) is 9.39. The summed E-state index contributed by atoms with van der Waals surface area (Å²) < 4.78 is 11.7. The zero-order valence-corrected chi connectivity index (χ0v) is 22.3. The van der Waals surface area contributed by atoms with Crippen LogP contribution in [0.5, 0.6) is 0 Å². The van der Waals surface area contributed by atoms with E-state index >= 15 is 0 Å². The van der Waals surface area contributed by atoms with Gasteiger partial charge in [0, 0.05) is 24.0 Å². The first-order chi connectivity index (χ1) is 16.4. The van der Waals surface area contributed by atoms with E-state index in [4.69, 9.17) is 9.15 Å². The normalized spacial score (nSPS) is 41.0. The quantitative estimate of drug-likeness (QED) is 0.450. The van der Waals surface area contributed by atoms with Crippen LogP contribution in [-0.4, -0.2) is 23.1 Å². The van der Waals surface area contributed by atoms with Crippen LogP contribution >= 0.6 is 0 Å². The summed E-state index contributed by atoms with van der Waals surface area (Å²) in [7, 11) is 0. The number of fused-ring (bicyclic) bond motifs is 4. The molecule has 1 aromatic rings. The van der Waals surface area contributed by atoms with Crippen LogP contribution in [0.25, 0.3) is 0 Å². The van der Waals surface area contributed by atoms with Crippen molar-refractivity contribution in [2.75, 3.05) is 0 Å². The van der Waals surface area contributed by atoms with Gasteiger partial charge in [0.2, 0.25) is 0 Å². The van der Waals surface area contributed by atoms with E-state index in [1.165, 1.54) is 30.4 Å². The lowest BCUT2D eigenvalue weighted by molar-refractivity contribution is -0.144. The Kier molecular flexibility index (Phi) is 5.80. The fraction of sp³-hybridized carbons (Fsp3) is 0.733. The second-order valence-electron chi connectivity index (χ2n) is 13.0. The zero-order chi connectivity index (χ0) is 25.3. The van der Waals surface area contributed by atoms with Crippen molar-refractivity contribution in [2.24, 2.45) is 34.0 Å². The summed E-state index contributed by atoms with van der Waals surface area (Å²) in [5, 5.41) is 9.52. The number of carboxylic acids is 1. The number of hydrogen-bond acceptors (Lipinski definition) is 4. The van der Waals surface area contributed by atoms with E-state index in [1.54, 1.807) is 0 Å². The monoisotopic (exact) mass is 482 g/mol. The molecule has 8 atom stereocenters. The predicted molar refractivity (Wildman–Crippen MR) is 134 cm³/mol. The number of hydrogen-bond donors (Lipinski definition) is 1. The highest BCUT2D eigenvalue weighted by atomic mass is 16.5. The smallest absolute Gasteiger partial charge is 0.334 e. The largest absolute Gasteiger partial charge is 0.481 e. The van der Waals surface area contributed by atoms with Gasteiger partial charge >= 0.3 is 11.9 Å². The van der Waals surface area contributed by atoms with E-state index in [2.05, 4.69) is 34.6 Å². The molecule has 5 nitrogen and oxygen atoms in total. The van der Waals surface area contributed by atoms with Gasteiger partial charge in [-0.25, -0.2) is 4.79 Å². The maximum Gasteiger partial charge on any atom is 0.334 e. The number of furan rings is 1. The minimum absolute atomic E-state index is 0.0737.